The first-order valence-corrected chi connectivity index (χ1v) is 8.76. The highest BCUT2D eigenvalue weighted by Gasteiger charge is 2.08. The van der Waals surface area contributed by atoms with Crippen molar-refractivity contribution in [3.63, 3.8) is 0 Å². The van der Waals surface area contributed by atoms with Gasteiger partial charge in [0.1, 0.15) is 0 Å². The Kier molecular flexibility index (Phi) is 12.0. The number of ether oxygens (including phenoxy) is 2. The molecule has 0 spiro atoms. The Balaban J connectivity index is 2.05. The third kappa shape index (κ3) is 9.97. The molecule has 1 fully saturated rings. The Morgan fingerprint density at radius 2 is 1.95 bits per heavy atom. The van der Waals surface area contributed by atoms with Crippen LogP contribution in [0.25, 0.3) is 0 Å². The van der Waals surface area contributed by atoms with Crippen LogP contribution in [0.3, 0.4) is 0 Å². The molecule has 0 aromatic rings. The summed E-state index contributed by atoms with van der Waals surface area (Å²) in [4.78, 5) is 7.04. The average Bonchev–Trinajstić information content (AvgIpc) is 2.55. The topological polar surface area (TPSA) is 58.1 Å². The van der Waals surface area contributed by atoms with Crippen LogP contribution in [0.15, 0.2) is 4.99 Å². The van der Waals surface area contributed by atoms with E-state index >= 15 is 0 Å². The number of nitrogens with zero attached hydrogens (tertiary/aromatic N) is 2. The Morgan fingerprint density at radius 1 is 1.14 bits per heavy atom. The number of hydrogen-bond donors (Lipinski definition) is 2. The molecule has 2 N–H and O–H groups in total. The van der Waals surface area contributed by atoms with Gasteiger partial charge in [-0.2, -0.15) is 0 Å². The highest BCUT2D eigenvalue weighted by Crippen LogP contribution is 1.99. The van der Waals surface area contributed by atoms with Gasteiger partial charge in [-0.05, 0) is 39.7 Å². The van der Waals surface area contributed by atoms with E-state index in [1.54, 1.807) is 0 Å². The highest BCUT2D eigenvalue weighted by atomic mass is 16.5. The van der Waals surface area contributed by atoms with Crippen molar-refractivity contribution in [2.45, 2.75) is 33.1 Å². The van der Waals surface area contributed by atoms with Gasteiger partial charge in [0.25, 0.3) is 0 Å². The first kappa shape index (κ1) is 19.2. The molecular formula is C16H34N4O2. The molecule has 130 valence electrons. The number of nitrogens with one attached hydrogen (secondary N) is 2. The molecule has 6 heteroatoms. The molecule has 0 aromatic heterocycles. The van der Waals surface area contributed by atoms with Crippen LogP contribution in [-0.2, 0) is 9.47 Å². The Bertz CT molecular complexity index is 281. The van der Waals surface area contributed by atoms with Crippen LogP contribution in [0.1, 0.15) is 33.1 Å². The van der Waals surface area contributed by atoms with Crippen molar-refractivity contribution in [1.29, 1.82) is 0 Å². The Hall–Kier alpha value is -0.850. The number of unbranched alkanes of at least 4 members (excludes halogenated alkanes) is 1. The van der Waals surface area contributed by atoms with E-state index in [4.69, 9.17) is 9.47 Å². The molecule has 0 unspecified atom stereocenters. The number of guanidine groups is 1. The molecule has 0 aromatic carbocycles. The van der Waals surface area contributed by atoms with Gasteiger partial charge in [-0.1, -0.05) is 0 Å². The molecule has 1 saturated heterocycles. The van der Waals surface area contributed by atoms with Gasteiger partial charge in [-0.25, -0.2) is 0 Å². The molecule has 0 aliphatic carbocycles. The summed E-state index contributed by atoms with van der Waals surface area (Å²) in [6, 6.07) is 0. The van der Waals surface area contributed by atoms with Crippen LogP contribution in [0.2, 0.25) is 0 Å². The lowest BCUT2D eigenvalue weighted by Crippen LogP contribution is -2.39. The first-order valence-electron chi connectivity index (χ1n) is 8.76. The van der Waals surface area contributed by atoms with Crippen LogP contribution in [0.5, 0.6) is 0 Å². The number of aliphatic imine (C=N–C) groups is 1. The zero-order chi connectivity index (χ0) is 15.9. The Labute approximate surface area is 135 Å². The van der Waals surface area contributed by atoms with E-state index in [1.165, 1.54) is 19.4 Å². The predicted octanol–water partition coefficient (Wildman–Crippen LogP) is 1.08. The molecule has 0 amide bonds. The minimum atomic E-state index is 0.783. The van der Waals surface area contributed by atoms with Crippen molar-refractivity contribution in [1.82, 2.24) is 15.5 Å². The van der Waals surface area contributed by atoms with Crippen LogP contribution < -0.4 is 10.6 Å². The summed E-state index contributed by atoms with van der Waals surface area (Å²) in [5.41, 5.74) is 0. The molecule has 22 heavy (non-hydrogen) atoms. The number of morpholine rings is 1. The summed E-state index contributed by atoms with van der Waals surface area (Å²) in [5, 5.41) is 6.69. The van der Waals surface area contributed by atoms with Crippen LogP contribution in [0, 0.1) is 0 Å². The van der Waals surface area contributed by atoms with Gasteiger partial charge < -0.3 is 20.1 Å². The fraction of sp³-hybridized carbons (Fsp3) is 0.938. The lowest BCUT2D eigenvalue weighted by molar-refractivity contribution is 0.0372. The number of rotatable bonds is 11. The second-order valence-corrected chi connectivity index (χ2v) is 5.40. The van der Waals surface area contributed by atoms with Crippen molar-refractivity contribution in [3.8, 4) is 0 Å². The molecule has 6 nitrogen and oxygen atoms in total. The van der Waals surface area contributed by atoms with Gasteiger partial charge in [-0.15, -0.1) is 0 Å². The summed E-state index contributed by atoms with van der Waals surface area (Å²) in [6.45, 7) is 13.5. The average molecular weight is 314 g/mol. The van der Waals surface area contributed by atoms with Gasteiger partial charge in [-0.3, -0.25) is 9.89 Å². The van der Waals surface area contributed by atoms with Crippen LogP contribution in [0.4, 0.5) is 0 Å². The third-order valence-corrected chi connectivity index (χ3v) is 3.56. The summed E-state index contributed by atoms with van der Waals surface area (Å²) in [7, 11) is 0. The maximum absolute atomic E-state index is 5.36. The summed E-state index contributed by atoms with van der Waals surface area (Å²) >= 11 is 0. The lowest BCUT2D eigenvalue weighted by Gasteiger charge is -2.26. The normalized spacial score (nSPS) is 16.7. The first-order chi connectivity index (χ1) is 10.9. The smallest absolute Gasteiger partial charge is 0.191 e. The van der Waals surface area contributed by atoms with E-state index in [0.717, 1.165) is 71.5 Å². The van der Waals surface area contributed by atoms with Crippen molar-refractivity contribution >= 4 is 5.96 Å². The van der Waals surface area contributed by atoms with E-state index in [2.05, 4.69) is 27.4 Å². The fourth-order valence-corrected chi connectivity index (χ4v) is 2.34. The zero-order valence-electron chi connectivity index (χ0n) is 14.4. The van der Waals surface area contributed by atoms with Crippen LogP contribution in [-0.4, -0.2) is 76.6 Å². The second-order valence-electron chi connectivity index (χ2n) is 5.40. The van der Waals surface area contributed by atoms with E-state index in [1.807, 2.05) is 6.92 Å². The molecule has 0 bridgehead atoms. The maximum atomic E-state index is 5.36. The minimum absolute atomic E-state index is 0.783. The molecule has 0 radical (unpaired) electrons. The molecule has 0 saturated carbocycles. The van der Waals surface area contributed by atoms with Gasteiger partial charge in [0, 0.05) is 45.9 Å². The summed E-state index contributed by atoms with van der Waals surface area (Å²) in [5.74, 6) is 0.922. The SMILES string of the molecule is CCNC(=NCCCOCC)NCCCCN1CCOCC1. The highest BCUT2D eigenvalue weighted by molar-refractivity contribution is 5.79. The fourth-order valence-electron chi connectivity index (χ4n) is 2.34. The monoisotopic (exact) mass is 314 g/mol. The van der Waals surface area contributed by atoms with Gasteiger partial charge in [0.2, 0.25) is 0 Å². The molecule has 1 heterocycles. The van der Waals surface area contributed by atoms with E-state index < -0.39 is 0 Å². The zero-order valence-corrected chi connectivity index (χ0v) is 14.4. The summed E-state index contributed by atoms with van der Waals surface area (Å²) < 4.78 is 10.7. The van der Waals surface area contributed by atoms with Crippen molar-refractivity contribution < 1.29 is 9.47 Å². The lowest BCUT2D eigenvalue weighted by atomic mass is 10.3. The standard InChI is InChI=1S/C16H34N4O2/c1-3-17-16(19-9-7-13-21-4-2)18-8-5-6-10-20-11-14-22-15-12-20/h3-15H2,1-2H3,(H2,17,18,19). The molecular weight excluding hydrogens is 280 g/mol. The molecule has 1 aliphatic rings. The van der Waals surface area contributed by atoms with Gasteiger partial charge in [0.15, 0.2) is 5.96 Å². The molecule has 1 rings (SSSR count). The largest absolute Gasteiger partial charge is 0.382 e. The predicted molar refractivity (Wildman–Crippen MR) is 91.6 cm³/mol. The van der Waals surface area contributed by atoms with Crippen LogP contribution >= 0.6 is 0 Å². The van der Waals surface area contributed by atoms with E-state index in [9.17, 15) is 0 Å². The quantitative estimate of drug-likeness (QED) is 0.339. The van der Waals surface area contributed by atoms with Gasteiger partial charge >= 0.3 is 0 Å². The third-order valence-electron chi connectivity index (χ3n) is 3.56. The Morgan fingerprint density at radius 3 is 2.68 bits per heavy atom. The van der Waals surface area contributed by atoms with Crippen molar-refractivity contribution in [3.05, 3.63) is 0 Å². The van der Waals surface area contributed by atoms with Gasteiger partial charge in [0.05, 0.1) is 13.2 Å². The molecule has 1 aliphatic heterocycles. The number of hydrogen-bond acceptors (Lipinski definition) is 4. The van der Waals surface area contributed by atoms with E-state index in [-0.39, 0.29) is 0 Å². The second kappa shape index (κ2) is 13.8. The van der Waals surface area contributed by atoms with Crippen molar-refractivity contribution in [2.24, 2.45) is 4.99 Å². The van der Waals surface area contributed by atoms with E-state index in [0.29, 0.717) is 0 Å². The minimum Gasteiger partial charge on any atom is -0.382 e. The van der Waals surface area contributed by atoms with Crippen molar-refractivity contribution in [2.75, 3.05) is 65.7 Å². The maximum Gasteiger partial charge on any atom is 0.191 e. The molecule has 0 atom stereocenters. The summed E-state index contributed by atoms with van der Waals surface area (Å²) in [6.07, 6.45) is 3.36.